The quantitative estimate of drug-likeness (QED) is 0.355. The molecule has 1 fully saturated rings. The van der Waals surface area contributed by atoms with Gasteiger partial charge in [0.25, 0.3) is 0 Å². The van der Waals surface area contributed by atoms with E-state index in [4.69, 9.17) is 8.83 Å². The Morgan fingerprint density at radius 1 is 1.21 bits per heavy atom. The number of hydrogen-bond donors (Lipinski definition) is 0. The molecule has 4 aromatic rings. The third-order valence-electron chi connectivity index (χ3n) is 4.92. The molecule has 1 aliphatic carbocycles. The number of nitrogens with zero attached hydrogens (tertiary/aromatic N) is 3. The van der Waals surface area contributed by atoms with Crippen molar-refractivity contribution in [3.05, 3.63) is 75.8 Å². The summed E-state index contributed by atoms with van der Waals surface area (Å²) < 4.78 is 13.0. The fourth-order valence-electron chi connectivity index (χ4n) is 3.36. The van der Waals surface area contributed by atoms with Crippen LogP contribution in [0.1, 0.15) is 41.5 Å². The van der Waals surface area contributed by atoms with E-state index in [9.17, 15) is 4.79 Å². The van der Waals surface area contributed by atoms with Crippen LogP contribution in [0.5, 0.6) is 0 Å². The van der Waals surface area contributed by atoms with E-state index in [1.807, 2.05) is 37.3 Å². The molecule has 3 aromatic heterocycles. The average Bonchev–Trinajstić information content (AvgIpc) is 3.23. The fraction of sp³-hybridized carbons (Fsp3) is 0.286. The first-order valence-electron chi connectivity index (χ1n) is 9.29. The lowest BCUT2D eigenvalue weighted by atomic mass is 10.1. The molecule has 142 valence electrons. The second kappa shape index (κ2) is 6.98. The van der Waals surface area contributed by atoms with Crippen LogP contribution in [0.4, 0.5) is 0 Å². The van der Waals surface area contributed by atoms with Crippen LogP contribution in [-0.2, 0) is 12.3 Å². The SMILES string of the molecule is Cc1ccc2c(CSc3nnc(C4CC4)n3Cc3ccco3)cc(=O)oc2c1. The Kier molecular flexibility index (Phi) is 4.31. The van der Waals surface area contributed by atoms with Crippen LogP contribution in [0, 0.1) is 6.92 Å². The van der Waals surface area contributed by atoms with Gasteiger partial charge in [0.05, 0.1) is 12.8 Å². The molecule has 1 saturated carbocycles. The van der Waals surface area contributed by atoms with E-state index < -0.39 is 0 Å². The van der Waals surface area contributed by atoms with E-state index in [1.54, 1.807) is 24.1 Å². The van der Waals surface area contributed by atoms with Crippen LogP contribution in [0.3, 0.4) is 0 Å². The molecule has 0 spiro atoms. The van der Waals surface area contributed by atoms with Crippen molar-refractivity contribution >= 4 is 22.7 Å². The van der Waals surface area contributed by atoms with Gasteiger partial charge in [0, 0.05) is 23.1 Å². The molecule has 5 rings (SSSR count). The summed E-state index contributed by atoms with van der Waals surface area (Å²) in [5, 5.41) is 10.7. The number of thioether (sulfide) groups is 1. The molecule has 0 atom stereocenters. The average molecular weight is 393 g/mol. The molecule has 3 heterocycles. The zero-order valence-corrected chi connectivity index (χ0v) is 16.2. The first-order valence-corrected chi connectivity index (χ1v) is 10.3. The van der Waals surface area contributed by atoms with Gasteiger partial charge in [-0.25, -0.2) is 4.79 Å². The minimum Gasteiger partial charge on any atom is -0.467 e. The Morgan fingerprint density at radius 3 is 2.89 bits per heavy atom. The summed E-state index contributed by atoms with van der Waals surface area (Å²) in [5.41, 5.74) is 2.30. The zero-order valence-electron chi connectivity index (χ0n) is 15.4. The monoisotopic (exact) mass is 393 g/mol. The normalized spacial score (nSPS) is 14.0. The topological polar surface area (TPSA) is 74.1 Å². The number of aromatic nitrogens is 3. The van der Waals surface area contributed by atoms with Crippen molar-refractivity contribution < 1.29 is 8.83 Å². The second-order valence-corrected chi connectivity index (χ2v) is 8.10. The molecule has 0 amide bonds. The van der Waals surface area contributed by atoms with E-state index >= 15 is 0 Å². The molecule has 0 aliphatic heterocycles. The number of aryl methyl sites for hydroxylation is 1. The summed E-state index contributed by atoms with van der Waals surface area (Å²) in [6, 6.07) is 11.4. The summed E-state index contributed by atoms with van der Waals surface area (Å²) in [7, 11) is 0. The summed E-state index contributed by atoms with van der Waals surface area (Å²) in [6.45, 7) is 2.60. The smallest absolute Gasteiger partial charge is 0.336 e. The molecule has 0 saturated heterocycles. The summed E-state index contributed by atoms with van der Waals surface area (Å²) in [6.07, 6.45) is 4.00. The highest BCUT2D eigenvalue weighted by atomic mass is 32.2. The van der Waals surface area contributed by atoms with Crippen molar-refractivity contribution in [1.29, 1.82) is 0 Å². The van der Waals surface area contributed by atoms with E-state index in [1.165, 1.54) is 0 Å². The zero-order chi connectivity index (χ0) is 19.1. The van der Waals surface area contributed by atoms with Crippen LogP contribution < -0.4 is 5.63 Å². The molecule has 1 aromatic carbocycles. The van der Waals surface area contributed by atoms with Crippen LogP contribution in [0.25, 0.3) is 11.0 Å². The highest BCUT2D eigenvalue weighted by Gasteiger charge is 2.30. The molecule has 7 heteroatoms. The van der Waals surface area contributed by atoms with Gasteiger partial charge in [0.1, 0.15) is 17.2 Å². The van der Waals surface area contributed by atoms with Gasteiger partial charge in [0.15, 0.2) is 5.16 Å². The first-order chi connectivity index (χ1) is 13.7. The van der Waals surface area contributed by atoms with Gasteiger partial charge in [-0.2, -0.15) is 0 Å². The number of benzene rings is 1. The lowest BCUT2D eigenvalue weighted by molar-refractivity contribution is 0.478. The number of fused-ring (bicyclic) bond motifs is 1. The van der Waals surface area contributed by atoms with Crippen molar-refractivity contribution in [2.24, 2.45) is 0 Å². The van der Waals surface area contributed by atoms with E-state index in [0.717, 1.165) is 46.1 Å². The number of rotatable bonds is 6. The predicted molar refractivity (Wildman–Crippen MR) is 107 cm³/mol. The van der Waals surface area contributed by atoms with Crippen molar-refractivity contribution in [2.75, 3.05) is 0 Å². The third-order valence-corrected chi connectivity index (χ3v) is 5.94. The van der Waals surface area contributed by atoms with Gasteiger partial charge in [-0.15, -0.1) is 10.2 Å². The van der Waals surface area contributed by atoms with Gasteiger partial charge in [-0.05, 0) is 49.1 Å². The van der Waals surface area contributed by atoms with Crippen molar-refractivity contribution in [3.8, 4) is 0 Å². The van der Waals surface area contributed by atoms with Crippen molar-refractivity contribution in [1.82, 2.24) is 14.8 Å². The van der Waals surface area contributed by atoms with Gasteiger partial charge < -0.3 is 8.83 Å². The maximum absolute atomic E-state index is 12.0. The summed E-state index contributed by atoms with van der Waals surface area (Å²) >= 11 is 1.58. The Hall–Kier alpha value is -2.80. The minimum atomic E-state index is -0.329. The van der Waals surface area contributed by atoms with E-state index in [-0.39, 0.29) is 5.63 Å². The molecule has 0 unspecified atom stereocenters. The molecule has 0 bridgehead atoms. The van der Waals surface area contributed by atoms with Crippen LogP contribution in [0.15, 0.2) is 61.4 Å². The van der Waals surface area contributed by atoms with Crippen molar-refractivity contribution in [3.63, 3.8) is 0 Å². The summed E-state index contributed by atoms with van der Waals surface area (Å²) in [5.74, 6) is 3.01. The molecule has 6 nitrogen and oxygen atoms in total. The van der Waals surface area contributed by atoms with Gasteiger partial charge in [0.2, 0.25) is 0 Å². The Bertz CT molecular complexity index is 1190. The van der Waals surface area contributed by atoms with Crippen LogP contribution in [0.2, 0.25) is 0 Å². The lowest BCUT2D eigenvalue weighted by Gasteiger charge is -2.09. The van der Waals surface area contributed by atoms with Gasteiger partial charge in [-0.3, -0.25) is 4.57 Å². The van der Waals surface area contributed by atoms with Crippen LogP contribution >= 0.6 is 11.8 Å². The molecule has 28 heavy (non-hydrogen) atoms. The maximum Gasteiger partial charge on any atom is 0.336 e. The standard InChI is InChI=1S/C21H19N3O3S/c1-13-4-7-17-15(10-19(25)27-18(17)9-13)12-28-21-23-22-20(14-5-6-14)24(21)11-16-3-2-8-26-16/h2-4,7-10,14H,5-6,11-12H2,1H3. The Morgan fingerprint density at radius 2 is 2.11 bits per heavy atom. The predicted octanol–water partition coefficient (Wildman–Crippen LogP) is 4.50. The van der Waals surface area contributed by atoms with Crippen LogP contribution in [-0.4, -0.2) is 14.8 Å². The Labute approximate surface area is 165 Å². The number of hydrogen-bond acceptors (Lipinski definition) is 6. The summed E-state index contributed by atoms with van der Waals surface area (Å²) in [4.78, 5) is 12.0. The first kappa shape index (κ1) is 17.3. The number of furan rings is 1. The lowest BCUT2D eigenvalue weighted by Crippen LogP contribution is -2.06. The fourth-order valence-corrected chi connectivity index (χ4v) is 4.29. The largest absolute Gasteiger partial charge is 0.467 e. The molecule has 0 radical (unpaired) electrons. The maximum atomic E-state index is 12.0. The van der Waals surface area contributed by atoms with E-state index in [2.05, 4.69) is 14.8 Å². The van der Waals surface area contributed by atoms with Gasteiger partial charge in [-0.1, -0.05) is 23.9 Å². The van der Waals surface area contributed by atoms with Crippen molar-refractivity contribution in [2.45, 2.75) is 43.1 Å². The highest BCUT2D eigenvalue weighted by molar-refractivity contribution is 7.98. The highest BCUT2D eigenvalue weighted by Crippen LogP contribution is 2.40. The molecule has 0 N–H and O–H groups in total. The van der Waals surface area contributed by atoms with E-state index in [0.29, 0.717) is 23.8 Å². The Balaban J connectivity index is 1.46. The minimum absolute atomic E-state index is 0.329. The third kappa shape index (κ3) is 3.38. The molecule has 1 aliphatic rings. The second-order valence-electron chi connectivity index (χ2n) is 7.16. The van der Waals surface area contributed by atoms with Gasteiger partial charge >= 0.3 is 5.63 Å². The molecular formula is C21H19N3O3S. The molecular weight excluding hydrogens is 374 g/mol.